The van der Waals surface area contributed by atoms with Crippen LogP contribution in [0, 0.1) is 6.92 Å². The number of anilines is 1. The van der Waals surface area contributed by atoms with Crippen LogP contribution in [0.1, 0.15) is 30.0 Å². The lowest BCUT2D eigenvalue weighted by molar-refractivity contribution is -0.306. The van der Waals surface area contributed by atoms with Crippen molar-refractivity contribution in [3.8, 4) is 5.75 Å². The number of fused-ring (bicyclic) bond motifs is 2. The summed E-state index contributed by atoms with van der Waals surface area (Å²) < 4.78 is 28.1. The molecule has 1 fully saturated rings. The summed E-state index contributed by atoms with van der Waals surface area (Å²) in [7, 11) is 1.43. The number of para-hydroxylation sites is 1. The van der Waals surface area contributed by atoms with Crippen LogP contribution in [-0.4, -0.2) is 53.4 Å². The van der Waals surface area contributed by atoms with Gasteiger partial charge in [-0.2, -0.15) is 0 Å². The zero-order valence-corrected chi connectivity index (χ0v) is 20.7. The molecule has 5 rings (SSSR count). The number of methoxy groups -OCH3 is 1. The van der Waals surface area contributed by atoms with Crippen LogP contribution >= 0.6 is 0 Å². The predicted molar refractivity (Wildman–Crippen MR) is 134 cm³/mol. The van der Waals surface area contributed by atoms with Crippen LogP contribution in [0.2, 0.25) is 0 Å². The van der Waals surface area contributed by atoms with E-state index in [0.29, 0.717) is 16.5 Å². The number of hydrogen-bond donors (Lipinski definition) is 3. The highest BCUT2D eigenvalue weighted by atomic mass is 16.7. The third-order valence-corrected chi connectivity index (χ3v) is 6.54. The van der Waals surface area contributed by atoms with Gasteiger partial charge in [0.2, 0.25) is 6.29 Å². The number of furan rings is 1. The van der Waals surface area contributed by atoms with E-state index in [-0.39, 0.29) is 22.8 Å². The fourth-order valence-electron chi connectivity index (χ4n) is 4.63. The molecule has 37 heavy (non-hydrogen) atoms. The highest BCUT2D eigenvalue weighted by molar-refractivity contribution is 6.05. The summed E-state index contributed by atoms with van der Waals surface area (Å²) in [6, 6.07) is 13.6. The topological polar surface area (TPSA) is 141 Å². The minimum absolute atomic E-state index is 0.0486. The number of nitrogens with one attached hydrogen (secondary N) is 1. The van der Waals surface area contributed by atoms with Crippen molar-refractivity contribution in [2.75, 3.05) is 12.4 Å². The smallest absolute Gasteiger partial charge is 0.360 e. The summed E-state index contributed by atoms with van der Waals surface area (Å²) >= 11 is 0. The molecule has 0 saturated carbocycles. The summed E-state index contributed by atoms with van der Waals surface area (Å²) in [6.45, 7) is 5.13. The van der Waals surface area contributed by atoms with Crippen molar-refractivity contribution < 1.29 is 38.1 Å². The molecule has 4 aromatic rings. The van der Waals surface area contributed by atoms with Gasteiger partial charge in [-0.25, -0.2) is 4.79 Å². The summed E-state index contributed by atoms with van der Waals surface area (Å²) in [5.74, 6) is -0.233. The molecule has 1 amide bonds. The fraction of sp³-hybridized carbons (Fsp3) is 0.333. The molecule has 1 aliphatic heterocycles. The molecule has 1 saturated heterocycles. The first kappa shape index (κ1) is 25.0. The average molecular weight is 510 g/mol. The Morgan fingerprint density at radius 1 is 1.03 bits per heavy atom. The lowest BCUT2D eigenvalue weighted by Crippen LogP contribution is -2.63. The third-order valence-electron chi connectivity index (χ3n) is 6.54. The van der Waals surface area contributed by atoms with Gasteiger partial charge < -0.3 is 38.6 Å². The summed E-state index contributed by atoms with van der Waals surface area (Å²) in [5, 5.41) is 24.9. The Morgan fingerprint density at radius 3 is 2.51 bits per heavy atom. The lowest BCUT2D eigenvalue weighted by atomic mass is 9.89. The minimum Gasteiger partial charge on any atom is -0.462 e. The third kappa shape index (κ3) is 4.49. The molecule has 10 nitrogen and oxygen atoms in total. The molecular weight excluding hydrogens is 482 g/mol. The number of rotatable bonds is 5. The maximum Gasteiger partial charge on any atom is 0.360 e. The number of hydrogen-bond acceptors (Lipinski definition) is 9. The van der Waals surface area contributed by atoms with E-state index in [1.807, 2.05) is 12.1 Å². The zero-order chi connectivity index (χ0) is 26.5. The Bertz CT molecular complexity index is 1500. The second-order valence-electron chi connectivity index (χ2n) is 9.50. The molecule has 194 valence electrons. The standard InChI is InChI=1S/C27H27NO9/c1-13-17(35-26-21(30)20(29)23(33-4)27(2,3)37-26)10-9-15-11-16(25(32)36-22(13)15)28-24(31)19-12-14-7-5-6-8-18(14)34-19/h5-12,20-21,23,26,29-30H,1-4H3,(H,28,31)/t20-,21+,23+,26+/m0/s1. The van der Waals surface area contributed by atoms with Crippen molar-refractivity contribution in [3.63, 3.8) is 0 Å². The molecule has 3 heterocycles. The van der Waals surface area contributed by atoms with Gasteiger partial charge in [-0.1, -0.05) is 18.2 Å². The first-order valence-corrected chi connectivity index (χ1v) is 11.7. The van der Waals surface area contributed by atoms with Crippen LogP contribution in [0.25, 0.3) is 21.9 Å². The molecule has 4 atom stereocenters. The van der Waals surface area contributed by atoms with Crippen LogP contribution in [0.5, 0.6) is 5.75 Å². The van der Waals surface area contributed by atoms with Crippen LogP contribution in [-0.2, 0) is 9.47 Å². The van der Waals surface area contributed by atoms with Crippen LogP contribution in [0.3, 0.4) is 0 Å². The first-order chi connectivity index (χ1) is 17.6. The number of aliphatic hydroxyl groups excluding tert-OH is 2. The molecule has 0 radical (unpaired) electrons. The summed E-state index contributed by atoms with van der Waals surface area (Å²) in [4.78, 5) is 25.4. The molecule has 0 aliphatic carbocycles. The van der Waals surface area contributed by atoms with Gasteiger partial charge in [0, 0.05) is 23.4 Å². The number of carbonyl (C=O) groups excluding carboxylic acids is 1. The molecule has 3 N–H and O–H groups in total. The predicted octanol–water partition coefficient (Wildman–Crippen LogP) is 3.35. The number of aliphatic hydroxyl groups is 2. The number of benzene rings is 2. The van der Waals surface area contributed by atoms with Gasteiger partial charge in [-0.3, -0.25) is 4.79 Å². The largest absolute Gasteiger partial charge is 0.462 e. The zero-order valence-electron chi connectivity index (χ0n) is 20.7. The van der Waals surface area contributed by atoms with Crippen molar-refractivity contribution >= 4 is 33.5 Å². The van der Waals surface area contributed by atoms with Gasteiger partial charge in [0.1, 0.15) is 40.9 Å². The van der Waals surface area contributed by atoms with E-state index in [1.165, 1.54) is 13.2 Å². The Morgan fingerprint density at radius 2 is 1.78 bits per heavy atom. The molecule has 2 aromatic heterocycles. The highest BCUT2D eigenvalue weighted by Gasteiger charge is 2.50. The van der Waals surface area contributed by atoms with E-state index in [1.54, 1.807) is 51.1 Å². The number of amides is 1. The quantitative estimate of drug-likeness (QED) is 0.345. The molecule has 1 aliphatic rings. The normalized spacial score (nSPS) is 23.3. The van der Waals surface area contributed by atoms with Crippen molar-refractivity contribution in [1.82, 2.24) is 0 Å². The maximum absolute atomic E-state index is 12.7. The van der Waals surface area contributed by atoms with Crippen LogP contribution in [0.4, 0.5) is 5.69 Å². The van der Waals surface area contributed by atoms with Crippen LogP contribution < -0.4 is 15.7 Å². The van der Waals surface area contributed by atoms with Gasteiger partial charge in [0.25, 0.3) is 5.91 Å². The second-order valence-corrected chi connectivity index (χ2v) is 9.50. The number of aryl methyl sites for hydroxylation is 1. The SMILES string of the molecule is CO[C@@H]1[C@@H](O)[C@@H](O)[C@H](Oc2ccc3cc(NC(=O)c4cc5ccccc5o4)c(=O)oc3c2C)OC1(C)C. The van der Waals surface area contributed by atoms with Crippen molar-refractivity contribution in [2.24, 2.45) is 0 Å². The van der Waals surface area contributed by atoms with E-state index in [4.69, 9.17) is 23.0 Å². The van der Waals surface area contributed by atoms with Gasteiger partial charge in [0.15, 0.2) is 5.76 Å². The molecule has 0 unspecified atom stereocenters. The van der Waals surface area contributed by atoms with Gasteiger partial charge in [-0.15, -0.1) is 0 Å². The maximum atomic E-state index is 12.7. The van der Waals surface area contributed by atoms with Crippen molar-refractivity contribution in [1.29, 1.82) is 0 Å². The van der Waals surface area contributed by atoms with Crippen molar-refractivity contribution in [3.05, 3.63) is 70.3 Å². The molecule has 2 aromatic carbocycles. The van der Waals surface area contributed by atoms with Gasteiger partial charge >= 0.3 is 5.63 Å². The summed E-state index contributed by atoms with van der Waals surface area (Å²) in [5.41, 5.74) is -0.478. The minimum atomic E-state index is -1.38. The highest BCUT2D eigenvalue weighted by Crippen LogP contribution is 2.35. The molecular formula is C27H27NO9. The summed E-state index contributed by atoms with van der Waals surface area (Å²) in [6.07, 6.45) is -4.57. The monoisotopic (exact) mass is 509 g/mol. The van der Waals surface area contributed by atoms with Crippen LogP contribution in [0.15, 0.2) is 62.2 Å². The Kier molecular flexibility index (Phi) is 6.28. The number of ether oxygens (including phenoxy) is 3. The lowest BCUT2D eigenvalue weighted by Gasteiger charge is -2.46. The first-order valence-electron chi connectivity index (χ1n) is 11.7. The van der Waals surface area contributed by atoms with Gasteiger partial charge in [-0.05, 0) is 51.1 Å². The fourth-order valence-corrected chi connectivity index (χ4v) is 4.63. The Labute approximate surface area is 211 Å². The van der Waals surface area contributed by atoms with Gasteiger partial charge in [0.05, 0.1) is 5.60 Å². The van der Waals surface area contributed by atoms with Crippen molar-refractivity contribution in [2.45, 2.75) is 51.0 Å². The van der Waals surface area contributed by atoms with E-state index in [9.17, 15) is 19.8 Å². The Balaban J connectivity index is 1.40. The molecule has 0 bridgehead atoms. The number of carbonyl (C=O) groups is 1. The van der Waals surface area contributed by atoms with E-state index >= 15 is 0 Å². The van der Waals surface area contributed by atoms with E-state index < -0.39 is 41.7 Å². The van der Waals surface area contributed by atoms with E-state index in [0.717, 1.165) is 5.39 Å². The second kappa shape index (κ2) is 9.31. The van der Waals surface area contributed by atoms with E-state index in [2.05, 4.69) is 5.32 Å². The molecule has 0 spiro atoms. The Hall–Kier alpha value is -3.70. The molecule has 10 heteroatoms. The average Bonchev–Trinajstić information content (AvgIpc) is 3.30.